The molecule has 0 aliphatic rings. The van der Waals surface area contributed by atoms with Crippen molar-refractivity contribution in [2.24, 2.45) is 5.41 Å². The Labute approximate surface area is 123 Å². The molecule has 1 amide bonds. The highest BCUT2D eigenvalue weighted by Crippen LogP contribution is 2.31. The number of esters is 1. The standard InChI is InChI=1S/C14H20BrNO3/c1-5-9-14(10-7-8-11-15,12(17)16(3)4)13(18)19-6-2/h1,7-8H,6,9-11H2,2-4H3/b8-7+. The van der Waals surface area contributed by atoms with Crippen LogP contribution >= 0.6 is 15.9 Å². The Morgan fingerprint density at radius 3 is 2.47 bits per heavy atom. The molecule has 0 aromatic carbocycles. The Bertz CT molecular complexity index is 385. The van der Waals surface area contributed by atoms with E-state index < -0.39 is 11.4 Å². The third-order valence-corrected chi connectivity index (χ3v) is 2.98. The van der Waals surface area contributed by atoms with Crippen LogP contribution in [0.5, 0.6) is 0 Å². The average molecular weight is 330 g/mol. The number of hydrogen-bond acceptors (Lipinski definition) is 3. The second-order valence-electron chi connectivity index (χ2n) is 4.21. The molecule has 0 aromatic heterocycles. The summed E-state index contributed by atoms with van der Waals surface area (Å²) in [6.07, 6.45) is 9.18. The minimum Gasteiger partial charge on any atom is -0.465 e. The molecule has 0 aromatic rings. The SMILES string of the molecule is C#CCC(C/C=C/CBr)(C(=O)OCC)C(=O)N(C)C. The van der Waals surface area contributed by atoms with Gasteiger partial charge in [0.15, 0.2) is 5.41 Å². The molecular formula is C14H20BrNO3. The van der Waals surface area contributed by atoms with Gasteiger partial charge in [0.05, 0.1) is 6.61 Å². The molecule has 0 aliphatic carbocycles. The Balaban J connectivity index is 5.46. The lowest BCUT2D eigenvalue weighted by molar-refractivity contribution is -0.163. The summed E-state index contributed by atoms with van der Waals surface area (Å²) in [4.78, 5) is 25.9. The van der Waals surface area contributed by atoms with Crippen LogP contribution in [-0.2, 0) is 14.3 Å². The van der Waals surface area contributed by atoms with Gasteiger partial charge in [0.1, 0.15) is 0 Å². The molecule has 0 fully saturated rings. The van der Waals surface area contributed by atoms with Crippen molar-refractivity contribution in [3.05, 3.63) is 12.2 Å². The average Bonchev–Trinajstić information content (AvgIpc) is 2.37. The maximum Gasteiger partial charge on any atom is 0.322 e. The maximum atomic E-state index is 12.3. The van der Waals surface area contributed by atoms with Gasteiger partial charge in [-0.2, -0.15) is 0 Å². The molecule has 0 rings (SSSR count). The van der Waals surface area contributed by atoms with Crippen molar-refractivity contribution >= 4 is 27.8 Å². The summed E-state index contributed by atoms with van der Waals surface area (Å²) >= 11 is 3.25. The number of allylic oxidation sites excluding steroid dienone is 2. The Kier molecular flexibility index (Phi) is 8.17. The third-order valence-electron chi connectivity index (χ3n) is 2.61. The number of hydrogen-bond donors (Lipinski definition) is 0. The fourth-order valence-corrected chi connectivity index (χ4v) is 1.96. The molecule has 0 spiro atoms. The lowest BCUT2D eigenvalue weighted by Crippen LogP contribution is -2.46. The van der Waals surface area contributed by atoms with Crippen LogP contribution < -0.4 is 0 Å². The summed E-state index contributed by atoms with van der Waals surface area (Å²) in [7, 11) is 3.20. The first-order valence-corrected chi connectivity index (χ1v) is 7.11. The van der Waals surface area contributed by atoms with Gasteiger partial charge in [0, 0.05) is 25.8 Å². The number of carbonyl (C=O) groups excluding carboxylic acids is 2. The second-order valence-corrected chi connectivity index (χ2v) is 4.86. The molecule has 106 valence electrons. The van der Waals surface area contributed by atoms with Crippen molar-refractivity contribution in [1.29, 1.82) is 0 Å². The third kappa shape index (κ3) is 4.71. The molecule has 5 heteroatoms. The minimum absolute atomic E-state index is 0.0233. The summed E-state index contributed by atoms with van der Waals surface area (Å²) in [5.41, 5.74) is -1.33. The van der Waals surface area contributed by atoms with Gasteiger partial charge in [-0.05, 0) is 13.3 Å². The van der Waals surface area contributed by atoms with Crippen LogP contribution in [0, 0.1) is 17.8 Å². The van der Waals surface area contributed by atoms with E-state index in [1.165, 1.54) is 4.90 Å². The van der Waals surface area contributed by atoms with Crippen LogP contribution in [0.2, 0.25) is 0 Å². The van der Waals surface area contributed by atoms with Gasteiger partial charge in [-0.25, -0.2) is 0 Å². The molecule has 19 heavy (non-hydrogen) atoms. The quantitative estimate of drug-likeness (QED) is 0.236. The summed E-state index contributed by atoms with van der Waals surface area (Å²) in [5, 5.41) is 0.651. The largest absolute Gasteiger partial charge is 0.465 e. The zero-order chi connectivity index (χ0) is 14.9. The monoisotopic (exact) mass is 329 g/mol. The molecular weight excluding hydrogens is 310 g/mol. The van der Waals surface area contributed by atoms with Crippen molar-refractivity contribution in [2.45, 2.75) is 19.8 Å². The number of alkyl halides is 1. The normalized spacial score (nSPS) is 13.6. The van der Waals surface area contributed by atoms with Gasteiger partial charge < -0.3 is 9.64 Å². The topological polar surface area (TPSA) is 46.6 Å². The van der Waals surface area contributed by atoms with Crippen molar-refractivity contribution in [2.75, 3.05) is 26.0 Å². The van der Waals surface area contributed by atoms with Crippen molar-refractivity contribution in [3.8, 4) is 12.3 Å². The molecule has 1 unspecified atom stereocenters. The summed E-state index contributed by atoms with van der Waals surface area (Å²) in [6, 6.07) is 0. The van der Waals surface area contributed by atoms with Crippen LogP contribution in [0.15, 0.2) is 12.2 Å². The van der Waals surface area contributed by atoms with E-state index in [0.29, 0.717) is 5.33 Å². The summed E-state index contributed by atoms with van der Waals surface area (Å²) in [5.74, 6) is 1.52. The highest BCUT2D eigenvalue weighted by molar-refractivity contribution is 9.09. The predicted molar refractivity (Wildman–Crippen MR) is 78.8 cm³/mol. The van der Waals surface area contributed by atoms with Gasteiger partial charge in [-0.15, -0.1) is 12.3 Å². The van der Waals surface area contributed by atoms with Crippen molar-refractivity contribution in [1.82, 2.24) is 4.90 Å². The number of terminal acetylenes is 1. The molecule has 0 saturated heterocycles. The predicted octanol–water partition coefficient (Wildman–Crippen LogP) is 1.99. The lowest BCUT2D eigenvalue weighted by Gasteiger charge is -2.30. The van der Waals surface area contributed by atoms with Crippen LogP contribution in [0.25, 0.3) is 0 Å². The number of rotatable bonds is 7. The highest BCUT2D eigenvalue weighted by Gasteiger charge is 2.46. The van der Waals surface area contributed by atoms with Crippen LogP contribution in [0.4, 0.5) is 0 Å². The first kappa shape index (κ1) is 17.7. The van der Waals surface area contributed by atoms with E-state index in [9.17, 15) is 9.59 Å². The summed E-state index contributed by atoms with van der Waals surface area (Å²) in [6.45, 7) is 1.92. The van der Waals surface area contributed by atoms with Crippen molar-refractivity contribution in [3.63, 3.8) is 0 Å². The number of nitrogens with zero attached hydrogens (tertiary/aromatic N) is 1. The molecule has 0 radical (unpaired) electrons. The van der Waals surface area contributed by atoms with E-state index in [1.54, 1.807) is 27.1 Å². The van der Waals surface area contributed by atoms with Crippen molar-refractivity contribution < 1.29 is 14.3 Å². The van der Waals surface area contributed by atoms with Gasteiger partial charge in [-0.1, -0.05) is 28.1 Å². The number of ether oxygens (including phenoxy) is 1. The Hall–Kier alpha value is -1.28. The first-order chi connectivity index (χ1) is 8.96. The number of amides is 1. The molecule has 0 N–H and O–H groups in total. The molecule has 0 saturated carbocycles. The first-order valence-electron chi connectivity index (χ1n) is 5.99. The zero-order valence-electron chi connectivity index (χ0n) is 11.6. The fourth-order valence-electron chi connectivity index (χ4n) is 1.70. The second kappa shape index (κ2) is 8.76. The molecule has 0 bridgehead atoms. The molecule has 1 atom stereocenters. The smallest absolute Gasteiger partial charge is 0.322 e. The van der Waals surface area contributed by atoms with E-state index in [1.807, 2.05) is 6.08 Å². The zero-order valence-corrected chi connectivity index (χ0v) is 13.2. The maximum absolute atomic E-state index is 12.3. The van der Waals surface area contributed by atoms with Gasteiger partial charge >= 0.3 is 5.97 Å². The fraction of sp³-hybridized carbons (Fsp3) is 0.571. The van der Waals surface area contributed by atoms with E-state index in [4.69, 9.17) is 11.2 Å². The van der Waals surface area contributed by atoms with E-state index in [0.717, 1.165) is 0 Å². The van der Waals surface area contributed by atoms with E-state index in [2.05, 4.69) is 21.9 Å². The minimum atomic E-state index is -1.33. The van der Waals surface area contributed by atoms with Crippen LogP contribution in [0.3, 0.4) is 0 Å². The van der Waals surface area contributed by atoms with Gasteiger partial charge in [-0.3, -0.25) is 9.59 Å². The number of halogens is 1. The molecule has 4 nitrogen and oxygen atoms in total. The van der Waals surface area contributed by atoms with E-state index in [-0.39, 0.29) is 25.4 Å². The highest BCUT2D eigenvalue weighted by atomic mass is 79.9. The van der Waals surface area contributed by atoms with Gasteiger partial charge in [0.2, 0.25) is 5.91 Å². The Morgan fingerprint density at radius 2 is 2.05 bits per heavy atom. The number of carbonyl (C=O) groups is 2. The van der Waals surface area contributed by atoms with Crippen LogP contribution in [-0.4, -0.2) is 42.8 Å². The van der Waals surface area contributed by atoms with Crippen LogP contribution in [0.1, 0.15) is 19.8 Å². The molecule has 0 heterocycles. The van der Waals surface area contributed by atoms with E-state index >= 15 is 0 Å². The Morgan fingerprint density at radius 1 is 1.42 bits per heavy atom. The summed E-state index contributed by atoms with van der Waals surface area (Å²) < 4.78 is 5.03. The lowest BCUT2D eigenvalue weighted by atomic mass is 9.79. The van der Waals surface area contributed by atoms with Gasteiger partial charge in [0.25, 0.3) is 0 Å². The molecule has 0 aliphatic heterocycles.